The lowest BCUT2D eigenvalue weighted by Crippen LogP contribution is -2.48. The third-order valence-electron chi connectivity index (χ3n) is 6.50. The van der Waals surface area contributed by atoms with Crippen molar-refractivity contribution in [2.24, 2.45) is 11.0 Å². The molecule has 2 fully saturated rings. The number of amides is 1. The fraction of sp³-hybridized carbons (Fsp3) is 0.619. The smallest absolute Gasteiger partial charge is 0.337 e. The first kappa shape index (κ1) is 22.4. The highest BCUT2D eigenvalue weighted by Crippen LogP contribution is 2.40. The highest BCUT2D eigenvalue weighted by molar-refractivity contribution is 7.96. The molecular weight excluding hydrogens is 432 g/mol. The number of carbonyl (C=O) groups excluding carboxylic acids is 1. The molecule has 2 saturated heterocycles. The van der Waals surface area contributed by atoms with Crippen LogP contribution in [-0.4, -0.2) is 59.3 Å². The average molecular weight is 459 g/mol. The third-order valence-corrected chi connectivity index (χ3v) is 7.35. The highest BCUT2D eigenvalue weighted by Gasteiger charge is 2.40. The molecule has 0 aromatic heterocycles. The van der Waals surface area contributed by atoms with Crippen molar-refractivity contribution in [1.82, 2.24) is 14.6 Å². The number of nitrogens with zero attached hydrogens (tertiary/aromatic N) is 3. The first-order valence-electron chi connectivity index (χ1n) is 10.5. The van der Waals surface area contributed by atoms with Crippen molar-refractivity contribution in [3.05, 3.63) is 35.1 Å². The van der Waals surface area contributed by atoms with E-state index >= 15 is 0 Å². The zero-order valence-electron chi connectivity index (χ0n) is 17.3. The number of rotatable bonds is 3. The SMILES string of the molecule is CSN1CCC2CC(C1)C(C(=O)N1CCC(c3cccc(F)c3C(F)(F)F)CC1)=NN2. The number of hydrazone groups is 1. The molecule has 2 atom stereocenters. The Morgan fingerprint density at radius 2 is 1.90 bits per heavy atom. The van der Waals surface area contributed by atoms with E-state index in [1.807, 2.05) is 6.26 Å². The van der Waals surface area contributed by atoms with Crippen molar-refractivity contribution in [3.8, 4) is 0 Å². The Morgan fingerprint density at radius 1 is 1.16 bits per heavy atom. The van der Waals surface area contributed by atoms with Gasteiger partial charge in [0.25, 0.3) is 5.91 Å². The minimum atomic E-state index is -4.74. The number of hydrogen-bond donors (Lipinski definition) is 1. The van der Waals surface area contributed by atoms with Gasteiger partial charge in [-0.15, -0.1) is 0 Å². The summed E-state index contributed by atoms with van der Waals surface area (Å²) in [6.07, 6.45) is -0.158. The van der Waals surface area contributed by atoms with E-state index in [0.29, 0.717) is 31.6 Å². The number of nitrogens with one attached hydrogen (secondary N) is 1. The molecule has 0 spiro atoms. The Balaban J connectivity index is 1.45. The second kappa shape index (κ2) is 8.97. The van der Waals surface area contributed by atoms with Gasteiger partial charge < -0.3 is 10.3 Å². The fourth-order valence-electron chi connectivity index (χ4n) is 4.86. The lowest BCUT2D eigenvalue weighted by atomic mass is 9.85. The van der Waals surface area contributed by atoms with E-state index in [2.05, 4.69) is 14.8 Å². The van der Waals surface area contributed by atoms with Crippen molar-refractivity contribution in [2.75, 3.05) is 32.4 Å². The van der Waals surface area contributed by atoms with Crippen molar-refractivity contribution in [2.45, 2.75) is 43.8 Å². The minimum Gasteiger partial charge on any atom is -0.337 e. The highest BCUT2D eigenvalue weighted by atomic mass is 32.2. The van der Waals surface area contributed by atoms with Gasteiger partial charge in [0.1, 0.15) is 11.5 Å². The third kappa shape index (κ3) is 4.69. The topological polar surface area (TPSA) is 47.9 Å². The van der Waals surface area contributed by atoms with Gasteiger partial charge in [-0.2, -0.15) is 18.3 Å². The Kier molecular flexibility index (Phi) is 6.48. The van der Waals surface area contributed by atoms with Gasteiger partial charge in [0.2, 0.25) is 0 Å². The number of alkyl halides is 3. The predicted molar refractivity (Wildman–Crippen MR) is 112 cm³/mol. The minimum absolute atomic E-state index is 0.0153. The number of piperidine rings is 1. The predicted octanol–water partition coefficient (Wildman–Crippen LogP) is 3.87. The van der Waals surface area contributed by atoms with Gasteiger partial charge in [0, 0.05) is 38.1 Å². The van der Waals surface area contributed by atoms with E-state index in [4.69, 9.17) is 0 Å². The van der Waals surface area contributed by atoms with Crippen LogP contribution in [-0.2, 0) is 11.0 Å². The maximum Gasteiger partial charge on any atom is 0.419 e. The van der Waals surface area contributed by atoms with Gasteiger partial charge in [0.05, 0.1) is 5.56 Å². The fourth-order valence-corrected chi connectivity index (χ4v) is 5.48. The summed E-state index contributed by atoms with van der Waals surface area (Å²) in [5.74, 6) is -1.77. The molecule has 1 aromatic rings. The maximum absolute atomic E-state index is 13.9. The van der Waals surface area contributed by atoms with Gasteiger partial charge >= 0.3 is 6.18 Å². The lowest BCUT2D eigenvalue weighted by Gasteiger charge is -2.35. The summed E-state index contributed by atoms with van der Waals surface area (Å²) in [5, 5.41) is 4.39. The van der Waals surface area contributed by atoms with E-state index in [1.165, 1.54) is 12.1 Å². The molecular formula is C21H26F4N4OS. The van der Waals surface area contributed by atoms with Crippen LogP contribution in [0, 0.1) is 11.7 Å². The Hall–Kier alpha value is -1.81. The zero-order valence-corrected chi connectivity index (χ0v) is 18.1. The van der Waals surface area contributed by atoms with Gasteiger partial charge in [-0.3, -0.25) is 9.10 Å². The molecule has 10 heteroatoms. The van der Waals surface area contributed by atoms with E-state index < -0.39 is 23.5 Å². The van der Waals surface area contributed by atoms with E-state index in [1.54, 1.807) is 16.8 Å². The first-order chi connectivity index (χ1) is 14.8. The Morgan fingerprint density at radius 3 is 2.58 bits per heavy atom. The van der Waals surface area contributed by atoms with Crippen LogP contribution in [0.25, 0.3) is 0 Å². The van der Waals surface area contributed by atoms with Crippen molar-refractivity contribution in [3.63, 3.8) is 0 Å². The van der Waals surface area contributed by atoms with Crippen LogP contribution in [0.4, 0.5) is 17.6 Å². The van der Waals surface area contributed by atoms with Gasteiger partial charge in [-0.25, -0.2) is 4.39 Å². The number of likely N-dealkylation sites (tertiary alicyclic amines) is 1. The summed E-state index contributed by atoms with van der Waals surface area (Å²) in [6, 6.07) is 3.78. The van der Waals surface area contributed by atoms with E-state index in [9.17, 15) is 22.4 Å². The summed E-state index contributed by atoms with van der Waals surface area (Å²) in [7, 11) is 0. The second-order valence-electron chi connectivity index (χ2n) is 8.38. The standard InChI is InChI=1S/C21H26F4N4OS/c1-31-29-10-7-15-11-14(12-29)19(27-26-15)20(30)28-8-5-13(6-9-28)16-3-2-4-17(22)18(16)21(23,24)25/h2-4,13-15,26H,5-12H2,1H3. The number of benzene rings is 1. The molecule has 1 amide bonds. The summed E-state index contributed by atoms with van der Waals surface area (Å²) >= 11 is 1.66. The van der Waals surface area contributed by atoms with Crippen LogP contribution < -0.4 is 5.43 Å². The van der Waals surface area contributed by atoms with Gasteiger partial charge in [0.15, 0.2) is 0 Å². The molecule has 0 saturated carbocycles. The number of hydrogen-bond acceptors (Lipinski definition) is 5. The van der Waals surface area contributed by atoms with Gasteiger partial charge in [-0.05, 0) is 49.5 Å². The van der Waals surface area contributed by atoms with E-state index in [-0.39, 0.29) is 23.4 Å². The van der Waals surface area contributed by atoms with Crippen LogP contribution in [0.1, 0.15) is 42.7 Å². The number of halogens is 4. The molecule has 2 bridgehead atoms. The van der Waals surface area contributed by atoms with Gasteiger partial charge in [-0.1, -0.05) is 24.1 Å². The molecule has 1 N–H and O–H groups in total. The van der Waals surface area contributed by atoms with Crippen LogP contribution >= 0.6 is 11.9 Å². The molecule has 2 unspecified atom stereocenters. The summed E-state index contributed by atoms with van der Waals surface area (Å²) in [6.45, 7) is 2.36. The van der Waals surface area contributed by atoms with Crippen molar-refractivity contribution < 1.29 is 22.4 Å². The molecule has 0 radical (unpaired) electrons. The van der Waals surface area contributed by atoms with Crippen molar-refractivity contribution in [1.29, 1.82) is 0 Å². The summed E-state index contributed by atoms with van der Waals surface area (Å²) in [4.78, 5) is 14.9. The number of fused-ring (bicyclic) bond motifs is 2. The summed E-state index contributed by atoms with van der Waals surface area (Å²) < 4.78 is 56.4. The Bertz CT molecular complexity index is 854. The monoisotopic (exact) mass is 458 g/mol. The largest absolute Gasteiger partial charge is 0.419 e. The van der Waals surface area contributed by atoms with Crippen molar-refractivity contribution >= 4 is 23.6 Å². The zero-order chi connectivity index (χ0) is 22.2. The lowest BCUT2D eigenvalue weighted by molar-refractivity contribution is -0.141. The van der Waals surface area contributed by atoms with Crippen LogP contribution in [0.3, 0.4) is 0 Å². The normalized spacial score (nSPS) is 25.6. The molecule has 3 aliphatic heterocycles. The van der Waals surface area contributed by atoms with E-state index in [0.717, 1.165) is 32.0 Å². The molecule has 0 aliphatic carbocycles. The second-order valence-corrected chi connectivity index (χ2v) is 9.26. The Labute approximate surface area is 183 Å². The van der Waals surface area contributed by atoms with Crippen LogP contribution in [0.15, 0.2) is 23.3 Å². The summed E-state index contributed by atoms with van der Waals surface area (Å²) in [5.41, 5.74) is 2.43. The molecule has 170 valence electrons. The first-order valence-corrected chi connectivity index (χ1v) is 11.7. The van der Waals surface area contributed by atoms with Crippen LogP contribution in [0.2, 0.25) is 0 Å². The molecule has 3 aliphatic rings. The molecule has 31 heavy (non-hydrogen) atoms. The maximum atomic E-state index is 13.9. The average Bonchev–Trinajstić information content (AvgIpc) is 2.91. The molecule has 5 nitrogen and oxygen atoms in total. The molecule has 4 rings (SSSR count). The quantitative estimate of drug-likeness (QED) is 0.552. The molecule has 3 heterocycles. The number of carbonyl (C=O) groups is 1. The van der Waals surface area contributed by atoms with Crippen LogP contribution in [0.5, 0.6) is 0 Å². The molecule has 1 aromatic carbocycles.